The van der Waals surface area contributed by atoms with Crippen LogP contribution in [0.25, 0.3) is 123 Å². The lowest BCUT2D eigenvalue weighted by molar-refractivity contribution is 1.07. The number of aromatic nitrogens is 4. The third kappa shape index (κ3) is 6.24. The fourth-order valence-corrected chi connectivity index (χ4v) is 9.35. The van der Waals surface area contributed by atoms with Gasteiger partial charge in [-0.3, -0.25) is 4.98 Å². The van der Waals surface area contributed by atoms with Gasteiger partial charge in [-0.2, -0.15) is 5.26 Å². The second kappa shape index (κ2) is 15.3. The third-order valence-electron chi connectivity index (χ3n) is 12.4. The van der Waals surface area contributed by atoms with Crippen molar-refractivity contribution in [1.29, 1.82) is 5.26 Å². The van der Waals surface area contributed by atoms with Crippen molar-refractivity contribution in [2.24, 2.45) is 0 Å². The van der Waals surface area contributed by atoms with Crippen LogP contribution in [0, 0.1) is 11.3 Å². The molecule has 0 radical (unpaired) electrons. The van der Waals surface area contributed by atoms with Crippen molar-refractivity contribution in [2.75, 3.05) is 0 Å². The molecule has 0 amide bonds. The molecular weight excluding hydrogens is 779 g/mol. The highest BCUT2D eigenvalue weighted by atomic mass is 15.0. The van der Waals surface area contributed by atoms with Crippen molar-refractivity contribution in [3.63, 3.8) is 0 Å². The van der Waals surface area contributed by atoms with Crippen molar-refractivity contribution in [3.8, 4) is 107 Å². The number of nitriles is 1. The molecule has 9 aromatic carbocycles. The van der Waals surface area contributed by atoms with Gasteiger partial charge in [0, 0.05) is 34.0 Å². The van der Waals surface area contributed by atoms with E-state index in [1.807, 2.05) is 91.1 Å². The predicted molar refractivity (Wildman–Crippen MR) is 260 cm³/mol. The van der Waals surface area contributed by atoms with E-state index in [-0.39, 0.29) is 0 Å². The lowest BCUT2D eigenvalue weighted by Gasteiger charge is -2.18. The fraction of sp³-hybridized carbons (Fsp3) is 0. The number of pyridine rings is 1. The number of fused-ring (bicyclic) bond motifs is 4. The van der Waals surface area contributed by atoms with E-state index in [9.17, 15) is 5.26 Å². The first-order valence-electron chi connectivity index (χ1n) is 21.3. The Morgan fingerprint density at radius 3 is 1.39 bits per heavy atom. The molecule has 12 rings (SSSR count). The normalized spacial score (nSPS) is 11.4. The smallest absolute Gasteiger partial charge is 0.164 e. The number of hydrogen-bond acceptors (Lipinski definition) is 5. The molecule has 5 nitrogen and oxygen atoms in total. The van der Waals surface area contributed by atoms with E-state index in [0.717, 1.165) is 61.2 Å². The topological polar surface area (TPSA) is 75.3 Å². The first-order chi connectivity index (χ1) is 31.7. The molecule has 0 N–H and O–H groups in total. The summed E-state index contributed by atoms with van der Waals surface area (Å²) in [7, 11) is 0. The molecule has 0 unspecified atom stereocenters. The lowest BCUT2D eigenvalue weighted by Crippen LogP contribution is -2.00. The quantitative estimate of drug-likeness (QED) is 0.160. The van der Waals surface area contributed by atoms with Gasteiger partial charge in [0.25, 0.3) is 0 Å². The van der Waals surface area contributed by atoms with Crippen LogP contribution in [-0.4, -0.2) is 19.9 Å². The molecule has 2 aromatic heterocycles. The van der Waals surface area contributed by atoms with Gasteiger partial charge in [0.1, 0.15) is 0 Å². The second-order valence-electron chi connectivity index (χ2n) is 16.1. The summed E-state index contributed by atoms with van der Waals surface area (Å²) in [6.45, 7) is 0. The molecule has 64 heavy (non-hydrogen) atoms. The van der Waals surface area contributed by atoms with Crippen molar-refractivity contribution >= 4 is 21.5 Å². The number of nitrogens with zero attached hydrogens (tertiary/aromatic N) is 5. The van der Waals surface area contributed by atoms with Gasteiger partial charge in [-0.05, 0) is 95.9 Å². The highest BCUT2D eigenvalue weighted by Crippen LogP contribution is 2.52. The number of hydrogen-bond donors (Lipinski definition) is 0. The van der Waals surface area contributed by atoms with Crippen LogP contribution in [0.15, 0.2) is 212 Å². The van der Waals surface area contributed by atoms with Crippen LogP contribution < -0.4 is 0 Å². The van der Waals surface area contributed by atoms with Crippen LogP contribution >= 0.6 is 0 Å². The average molecular weight is 814 g/mol. The zero-order valence-electron chi connectivity index (χ0n) is 34.4. The minimum absolute atomic E-state index is 0.622. The Morgan fingerprint density at radius 2 is 0.781 bits per heavy atom. The summed E-state index contributed by atoms with van der Waals surface area (Å²) in [6, 6.07) is 73.9. The monoisotopic (exact) mass is 813 g/mol. The number of benzene rings is 9. The van der Waals surface area contributed by atoms with Crippen LogP contribution in [0.4, 0.5) is 0 Å². The summed E-state index contributed by atoms with van der Waals surface area (Å²) in [5.41, 5.74) is 17.0. The summed E-state index contributed by atoms with van der Waals surface area (Å²) in [5.74, 6) is 1.89. The van der Waals surface area contributed by atoms with Gasteiger partial charge >= 0.3 is 0 Å². The van der Waals surface area contributed by atoms with Gasteiger partial charge in [-0.15, -0.1) is 0 Å². The Bertz CT molecular complexity index is 3560. The molecule has 11 aromatic rings. The minimum Gasteiger partial charge on any atom is -0.256 e. The van der Waals surface area contributed by atoms with E-state index in [0.29, 0.717) is 23.0 Å². The highest BCUT2D eigenvalue weighted by Gasteiger charge is 2.26. The van der Waals surface area contributed by atoms with Crippen LogP contribution in [0.2, 0.25) is 0 Å². The van der Waals surface area contributed by atoms with E-state index in [2.05, 4.69) is 127 Å². The SMILES string of the molecule is N#Cc1ccc(-c2ccc(-c3ccc4c5c(ccc(-c6ccc(-c7cccc(-c8nc(-c9ccccc9)nc(-c9ccccc9)n8)c7)c7ccccc67)c35)-c3ccccc3-4)cn2)cc1. The van der Waals surface area contributed by atoms with Gasteiger partial charge < -0.3 is 0 Å². The zero-order valence-corrected chi connectivity index (χ0v) is 34.4. The highest BCUT2D eigenvalue weighted by molar-refractivity contribution is 6.24. The molecule has 296 valence electrons. The molecular formula is C59H35N5. The van der Waals surface area contributed by atoms with Gasteiger partial charge in [0.15, 0.2) is 17.5 Å². The summed E-state index contributed by atoms with van der Waals surface area (Å²) in [4.78, 5) is 20.0. The molecule has 2 heterocycles. The van der Waals surface area contributed by atoms with Crippen molar-refractivity contribution < 1.29 is 0 Å². The Morgan fingerprint density at radius 1 is 0.312 bits per heavy atom. The fourth-order valence-electron chi connectivity index (χ4n) is 9.35. The van der Waals surface area contributed by atoms with E-state index in [4.69, 9.17) is 19.9 Å². The van der Waals surface area contributed by atoms with Crippen LogP contribution in [0.1, 0.15) is 5.56 Å². The maximum Gasteiger partial charge on any atom is 0.164 e. The largest absolute Gasteiger partial charge is 0.256 e. The Hall–Kier alpha value is -8.85. The lowest BCUT2D eigenvalue weighted by atomic mass is 9.86. The van der Waals surface area contributed by atoms with E-state index in [1.54, 1.807) is 0 Å². The van der Waals surface area contributed by atoms with Gasteiger partial charge in [-0.1, -0.05) is 182 Å². The summed E-state index contributed by atoms with van der Waals surface area (Å²) < 4.78 is 0. The Balaban J connectivity index is 1.01. The molecule has 0 fully saturated rings. The van der Waals surface area contributed by atoms with Crippen LogP contribution in [-0.2, 0) is 0 Å². The summed E-state index contributed by atoms with van der Waals surface area (Å²) in [5, 5.41) is 14.1. The molecule has 0 saturated heterocycles. The van der Waals surface area contributed by atoms with E-state index >= 15 is 0 Å². The van der Waals surface area contributed by atoms with Crippen molar-refractivity contribution in [3.05, 3.63) is 218 Å². The van der Waals surface area contributed by atoms with E-state index in [1.165, 1.54) is 44.0 Å². The molecule has 0 aliphatic heterocycles. The minimum atomic E-state index is 0.622. The Kier molecular flexibility index (Phi) is 8.81. The van der Waals surface area contributed by atoms with Crippen molar-refractivity contribution in [1.82, 2.24) is 19.9 Å². The van der Waals surface area contributed by atoms with E-state index < -0.39 is 0 Å². The zero-order chi connectivity index (χ0) is 42.6. The first kappa shape index (κ1) is 37.0. The molecule has 0 saturated carbocycles. The standard InChI is InChI=1S/C59H35N5/c60-35-37-22-24-38(25-23-37)54-33-26-43(36-61-54)45-28-30-51-48-20-9-10-21-49(48)52-31-32-53(55(45)56(51)52)50-29-27-44(46-18-7-8-19-47(46)50)41-16-11-17-42(34-41)59-63-57(39-12-3-1-4-13-39)62-58(64-59)40-14-5-2-6-15-40/h1-34,36H. The third-order valence-corrected chi connectivity index (χ3v) is 12.4. The average Bonchev–Trinajstić information content (AvgIpc) is 3.71. The summed E-state index contributed by atoms with van der Waals surface area (Å²) >= 11 is 0. The maximum absolute atomic E-state index is 9.33. The van der Waals surface area contributed by atoms with Crippen molar-refractivity contribution in [2.45, 2.75) is 0 Å². The summed E-state index contributed by atoms with van der Waals surface area (Å²) in [6.07, 6.45) is 1.98. The van der Waals surface area contributed by atoms with Gasteiger partial charge in [0.2, 0.25) is 0 Å². The molecule has 0 spiro atoms. The van der Waals surface area contributed by atoms with Gasteiger partial charge in [0.05, 0.1) is 17.3 Å². The second-order valence-corrected chi connectivity index (χ2v) is 16.1. The Labute approximate surface area is 370 Å². The molecule has 5 heteroatoms. The maximum atomic E-state index is 9.33. The van der Waals surface area contributed by atoms with Gasteiger partial charge in [-0.25, -0.2) is 15.0 Å². The molecule has 0 bridgehead atoms. The molecule has 1 aliphatic rings. The van der Waals surface area contributed by atoms with Crippen LogP contribution in [0.3, 0.4) is 0 Å². The first-order valence-corrected chi connectivity index (χ1v) is 21.3. The molecule has 0 atom stereocenters. The molecule has 1 aliphatic carbocycles. The van der Waals surface area contributed by atoms with Crippen LogP contribution in [0.5, 0.6) is 0 Å². The predicted octanol–water partition coefficient (Wildman–Crippen LogP) is 14.8. The number of rotatable bonds is 7.